The van der Waals surface area contributed by atoms with Gasteiger partial charge in [-0.2, -0.15) is 0 Å². The van der Waals surface area contributed by atoms with Crippen molar-refractivity contribution in [2.45, 2.75) is 13.5 Å². The van der Waals surface area contributed by atoms with Crippen LogP contribution in [-0.2, 0) is 11.3 Å². The van der Waals surface area contributed by atoms with E-state index in [4.69, 9.17) is 32.7 Å². The van der Waals surface area contributed by atoms with E-state index < -0.39 is 0 Å². The van der Waals surface area contributed by atoms with Crippen LogP contribution in [0.4, 0.5) is 5.69 Å². The summed E-state index contributed by atoms with van der Waals surface area (Å²) in [6.07, 6.45) is 0. The summed E-state index contributed by atoms with van der Waals surface area (Å²) < 4.78 is 10.7. The van der Waals surface area contributed by atoms with Gasteiger partial charge in [-0.05, 0) is 43.3 Å². The molecule has 1 amide bonds. The van der Waals surface area contributed by atoms with Gasteiger partial charge in [0.1, 0.15) is 5.75 Å². The van der Waals surface area contributed by atoms with Gasteiger partial charge >= 0.3 is 0 Å². The second kappa shape index (κ2) is 8.20. The van der Waals surface area contributed by atoms with Crippen molar-refractivity contribution < 1.29 is 14.3 Å². The van der Waals surface area contributed by atoms with Crippen LogP contribution in [0, 0.1) is 0 Å². The van der Waals surface area contributed by atoms with Crippen molar-refractivity contribution in [1.29, 1.82) is 0 Å². The van der Waals surface area contributed by atoms with Crippen molar-refractivity contribution in [2.24, 2.45) is 0 Å². The molecule has 0 saturated carbocycles. The van der Waals surface area contributed by atoms with Crippen LogP contribution in [0.3, 0.4) is 0 Å². The summed E-state index contributed by atoms with van der Waals surface area (Å²) in [5.74, 6) is 0.394. The summed E-state index contributed by atoms with van der Waals surface area (Å²) in [7, 11) is 1.58. The van der Waals surface area contributed by atoms with Gasteiger partial charge in [0, 0.05) is 22.8 Å². The Hall–Kier alpha value is -1.75. The number of carbonyl (C=O) groups excluding carboxylic acids is 1. The Kier molecular flexibility index (Phi) is 6.28. The number of rotatable bonds is 6. The smallest absolute Gasteiger partial charge is 0.255 e. The molecule has 6 heteroatoms. The first-order valence-electron chi connectivity index (χ1n) is 7.06. The topological polar surface area (TPSA) is 47.6 Å². The van der Waals surface area contributed by atoms with Crippen LogP contribution >= 0.6 is 23.2 Å². The number of hydrogen-bond donors (Lipinski definition) is 1. The van der Waals surface area contributed by atoms with Crippen molar-refractivity contribution in [2.75, 3.05) is 19.0 Å². The molecule has 0 bridgehead atoms. The Morgan fingerprint density at radius 2 is 1.96 bits per heavy atom. The standard InChI is InChI=1S/C17H17Cl2NO3/c1-3-23-10-12-8-11(4-7-16(12)22-2)17(21)20-15-9-13(18)5-6-14(15)19/h4-9H,3,10H2,1-2H3,(H,20,21). The van der Waals surface area contributed by atoms with Gasteiger partial charge in [0.25, 0.3) is 5.91 Å². The third-order valence-corrected chi connectivity index (χ3v) is 3.75. The number of benzene rings is 2. The van der Waals surface area contributed by atoms with E-state index >= 15 is 0 Å². The Bertz CT molecular complexity index is 704. The Balaban J connectivity index is 2.23. The van der Waals surface area contributed by atoms with E-state index in [0.29, 0.717) is 40.3 Å². The lowest BCUT2D eigenvalue weighted by molar-refractivity contribution is 0.102. The average Bonchev–Trinajstić information content (AvgIpc) is 2.55. The molecule has 0 aromatic heterocycles. The maximum atomic E-state index is 12.4. The van der Waals surface area contributed by atoms with Crippen LogP contribution in [0.15, 0.2) is 36.4 Å². The summed E-state index contributed by atoms with van der Waals surface area (Å²) in [6.45, 7) is 2.86. The quantitative estimate of drug-likeness (QED) is 0.811. The summed E-state index contributed by atoms with van der Waals surface area (Å²) in [5.41, 5.74) is 1.75. The summed E-state index contributed by atoms with van der Waals surface area (Å²) in [6, 6.07) is 10.1. The predicted molar refractivity (Wildman–Crippen MR) is 92.7 cm³/mol. The van der Waals surface area contributed by atoms with Crippen molar-refractivity contribution in [1.82, 2.24) is 0 Å². The molecule has 0 saturated heterocycles. The monoisotopic (exact) mass is 353 g/mol. The van der Waals surface area contributed by atoms with E-state index in [0.717, 1.165) is 5.56 Å². The van der Waals surface area contributed by atoms with Crippen LogP contribution in [0.5, 0.6) is 5.75 Å². The lowest BCUT2D eigenvalue weighted by atomic mass is 10.1. The van der Waals surface area contributed by atoms with Crippen LogP contribution in [-0.4, -0.2) is 19.6 Å². The fourth-order valence-corrected chi connectivity index (χ4v) is 2.37. The van der Waals surface area contributed by atoms with Crippen molar-refractivity contribution in [3.05, 3.63) is 57.6 Å². The minimum Gasteiger partial charge on any atom is -0.496 e. The first-order chi connectivity index (χ1) is 11.0. The minimum absolute atomic E-state index is 0.283. The molecule has 4 nitrogen and oxygen atoms in total. The van der Waals surface area contributed by atoms with Gasteiger partial charge in [0.2, 0.25) is 0 Å². The molecule has 0 fully saturated rings. The summed E-state index contributed by atoms with van der Waals surface area (Å²) >= 11 is 12.0. The number of ether oxygens (including phenoxy) is 2. The van der Waals surface area contributed by atoms with E-state index in [2.05, 4.69) is 5.32 Å². The molecule has 0 aliphatic rings. The maximum absolute atomic E-state index is 12.4. The van der Waals surface area contributed by atoms with Crippen molar-refractivity contribution in [3.63, 3.8) is 0 Å². The van der Waals surface area contributed by atoms with E-state index in [1.807, 2.05) is 6.92 Å². The van der Waals surface area contributed by atoms with Gasteiger partial charge in [-0.1, -0.05) is 23.2 Å². The first-order valence-corrected chi connectivity index (χ1v) is 7.81. The van der Waals surface area contributed by atoms with Gasteiger partial charge in [-0.25, -0.2) is 0 Å². The molecular weight excluding hydrogens is 337 g/mol. The largest absolute Gasteiger partial charge is 0.496 e. The fraction of sp³-hybridized carbons (Fsp3) is 0.235. The average molecular weight is 354 g/mol. The van der Waals surface area contributed by atoms with Crippen LogP contribution < -0.4 is 10.1 Å². The summed E-state index contributed by atoms with van der Waals surface area (Å²) in [4.78, 5) is 12.4. The third-order valence-electron chi connectivity index (χ3n) is 3.18. The predicted octanol–water partition coefficient (Wildman–Crippen LogP) is 4.79. The molecule has 2 rings (SSSR count). The number of halogens is 2. The zero-order valence-corrected chi connectivity index (χ0v) is 14.4. The van der Waals surface area contributed by atoms with Gasteiger partial charge < -0.3 is 14.8 Å². The number of methoxy groups -OCH3 is 1. The van der Waals surface area contributed by atoms with Gasteiger partial charge in [-0.3, -0.25) is 4.79 Å². The molecule has 0 heterocycles. The lowest BCUT2D eigenvalue weighted by Crippen LogP contribution is -2.13. The zero-order chi connectivity index (χ0) is 16.8. The van der Waals surface area contributed by atoms with Crippen LogP contribution in [0.1, 0.15) is 22.8 Å². The van der Waals surface area contributed by atoms with Gasteiger partial charge in [-0.15, -0.1) is 0 Å². The molecule has 0 atom stereocenters. The molecule has 0 aliphatic heterocycles. The van der Waals surface area contributed by atoms with Crippen molar-refractivity contribution in [3.8, 4) is 5.75 Å². The molecule has 122 valence electrons. The molecule has 0 radical (unpaired) electrons. The fourth-order valence-electron chi connectivity index (χ4n) is 2.03. The highest BCUT2D eigenvalue weighted by Gasteiger charge is 2.12. The maximum Gasteiger partial charge on any atom is 0.255 e. The second-order valence-corrected chi connectivity index (χ2v) is 5.59. The second-order valence-electron chi connectivity index (χ2n) is 4.74. The van der Waals surface area contributed by atoms with E-state index in [1.165, 1.54) is 0 Å². The van der Waals surface area contributed by atoms with E-state index in [1.54, 1.807) is 43.5 Å². The number of nitrogens with one attached hydrogen (secondary N) is 1. The van der Waals surface area contributed by atoms with Gasteiger partial charge in [0.05, 0.1) is 24.4 Å². The molecule has 1 N–H and O–H groups in total. The van der Waals surface area contributed by atoms with Gasteiger partial charge in [0.15, 0.2) is 0 Å². The highest BCUT2D eigenvalue weighted by Crippen LogP contribution is 2.27. The van der Waals surface area contributed by atoms with Crippen molar-refractivity contribution >= 4 is 34.8 Å². The number of anilines is 1. The number of carbonyl (C=O) groups is 1. The Morgan fingerprint density at radius 1 is 1.17 bits per heavy atom. The molecular formula is C17H17Cl2NO3. The molecule has 0 unspecified atom stereocenters. The van der Waals surface area contributed by atoms with Crippen LogP contribution in [0.25, 0.3) is 0 Å². The van der Waals surface area contributed by atoms with E-state index in [9.17, 15) is 4.79 Å². The zero-order valence-electron chi connectivity index (χ0n) is 12.9. The normalized spacial score (nSPS) is 10.4. The molecule has 2 aromatic carbocycles. The lowest BCUT2D eigenvalue weighted by Gasteiger charge is -2.12. The first kappa shape index (κ1) is 17.6. The van der Waals surface area contributed by atoms with Crippen LogP contribution in [0.2, 0.25) is 10.0 Å². The minimum atomic E-state index is -0.283. The summed E-state index contributed by atoms with van der Waals surface area (Å²) in [5, 5.41) is 3.67. The molecule has 23 heavy (non-hydrogen) atoms. The molecule has 0 spiro atoms. The highest BCUT2D eigenvalue weighted by atomic mass is 35.5. The number of hydrogen-bond acceptors (Lipinski definition) is 3. The Labute approximate surface area is 145 Å². The third kappa shape index (κ3) is 4.61. The molecule has 0 aliphatic carbocycles. The molecule has 2 aromatic rings. The highest BCUT2D eigenvalue weighted by molar-refractivity contribution is 6.35. The Morgan fingerprint density at radius 3 is 2.65 bits per heavy atom. The number of amides is 1. The van der Waals surface area contributed by atoms with E-state index in [-0.39, 0.29) is 5.91 Å². The SMILES string of the molecule is CCOCc1cc(C(=O)Nc2cc(Cl)ccc2Cl)ccc1OC.